The molecular weight excluding hydrogens is 1200 g/mol. The molecule has 17 N–H and O–H groups in total. The second kappa shape index (κ2) is 32.4. The molecule has 0 spiro atoms. The van der Waals surface area contributed by atoms with Gasteiger partial charge in [-0.2, -0.15) is 0 Å². The maximum atomic E-state index is 13.3. The molecular formula is C59H95O31+. The highest BCUT2D eigenvalue weighted by Gasteiger charge is 2.59. The minimum Gasteiger partial charge on any atom is -0.460 e. The Morgan fingerprint density at radius 2 is 0.889 bits per heavy atom. The highest BCUT2D eigenvalue weighted by atomic mass is 16.8. The molecule has 5 aliphatic heterocycles. The van der Waals surface area contributed by atoms with Crippen LogP contribution < -0.4 is 0 Å². The van der Waals surface area contributed by atoms with Gasteiger partial charge in [0.25, 0.3) is 0 Å². The van der Waals surface area contributed by atoms with Crippen molar-refractivity contribution in [3.05, 3.63) is 24.3 Å². The molecule has 0 bridgehead atoms. The lowest BCUT2D eigenvalue weighted by atomic mass is 9.72. The van der Waals surface area contributed by atoms with Gasteiger partial charge in [0.2, 0.25) is 0 Å². The molecule has 9 aliphatic rings. The van der Waals surface area contributed by atoms with Gasteiger partial charge in [-0.05, 0) is 82.5 Å². The second-order valence-electron chi connectivity index (χ2n) is 25.6. The summed E-state index contributed by atoms with van der Waals surface area (Å²) in [6.45, 7) is -3.01. The molecule has 32 unspecified atom stereocenters. The van der Waals surface area contributed by atoms with Gasteiger partial charge in [-0.3, -0.25) is 0 Å². The van der Waals surface area contributed by atoms with E-state index in [1.54, 1.807) is 12.2 Å². The van der Waals surface area contributed by atoms with E-state index < -0.39 is 228 Å². The van der Waals surface area contributed by atoms with Gasteiger partial charge in [0, 0.05) is 45.1 Å². The monoisotopic (exact) mass is 1300 g/mol. The molecule has 4 aliphatic carbocycles. The van der Waals surface area contributed by atoms with Gasteiger partial charge in [-0.25, -0.2) is 9.59 Å². The molecule has 5 heterocycles. The summed E-state index contributed by atoms with van der Waals surface area (Å²) >= 11 is 0. The summed E-state index contributed by atoms with van der Waals surface area (Å²) in [6, 6.07) is 0. The zero-order chi connectivity index (χ0) is 64.8. The van der Waals surface area contributed by atoms with Crippen LogP contribution in [-0.2, 0) is 66.4 Å². The lowest BCUT2D eigenvalue weighted by molar-refractivity contribution is -0.391. The van der Waals surface area contributed by atoms with E-state index in [0.29, 0.717) is 64.2 Å². The normalized spacial score (nSPS) is 48.9. The lowest BCUT2D eigenvalue weighted by Gasteiger charge is -2.51. The SMILES string of the molecule is COC1CC(C=CC(=O)OCC2OC(OC3C(OC4CC5C(OC6OC(CO)C(OC7OC(CO)C(O)C(O)C7O)C(O)C6O)CC(O)CC5[OH+]C4C4CCC(O)CC4)OC(COC(=O)C=CC4CCC(O)C(OC)C4)C(O)C3O)C(O)C(O)C2O)CCC1O. The fourth-order valence-electron chi connectivity index (χ4n) is 14.2. The van der Waals surface area contributed by atoms with Crippen molar-refractivity contribution in [1.29, 1.82) is 0 Å². The highest BCUT2D eigenvalue weighted by Crippen LogP contribution is 2.45. The van der Waals surface area contributed by atoms with Gasteiger partial charge in [-0.15, -0.1) is 0 Å². The Bertz CT molecular complexity index is 2290. The predicted octanol–water partition coefficient (Wildman–Crippen LogP) is -6.44. The van der Waals surface area contributed by atoms with E-state index >= 15 is 0 Å². The number of aliphatic hydroxyl groups is 18. The second-order valence-corrected chi connectivity index (χ2v) is 25.6. The number of carbonyl (C=O) groups is 2. The Kier molecular flexibility index (Phi) is 25.8. The van der Waals surface area contributed by atoms with Crippen LogP contribution in [0.15, 0.2) is 24.3 Å². The first-order valence-corrected chi connectivity index (χ1v) is 31.4. The summed E-state index contributed by atoms with van der Waals surface area (Å²) < 4.78 is 76.1. The number of hydrogen-bond donors (Lipinski definition) is 16. The van der Waals surface area contributed by atoms with E-state index in [2.05, 4.69) is 0 Å². The van der Waals surface area contributed by atoms with Crippen LogP contribution in [0.4, 0.5) is 0 Å². The zero-order valence-corrected chi connectivity index (χ0v) is 50.3. The molecule has 9 rings (SSSR count). The van der Waals surface area contributed by atoms with Gasteiger partial charge in [0.05, 0.1) is 61.9 Å². The fourth-order valence-corrected chi connectivity index (χ4v) is 14.2. The Hall–Kier alpha value is -2.66. The molecule has 32 atom stereocenters. The molecule has 516 valence electrons. The minimum atomic E-state index is -2.06. The van der Waals surface area contributed by atoms with E-state index in [1.165, 1.54) is 26.4 Å². The van der Waals surface area contributed by atoms with Crippen LogP contribution >= 0.6 is 0 Å². The van der Waals surface area contributed by atoms with Crippen molar-refractivity contribution >= 4 is 11.9 Å². The average molecular weight is 1300 g/mol. The third-order valence-electron chi connectivity index (χ3n) is 19.6. The standard InChI is InChI=1S/C59H94O31/c1-78-34-15-24(3-11-30(34)64)5-13-41(66)80-22-39-44(69)47(72)51(76)58(87-39)90-55-48(73)45(70)40(23-81-42(67)14-6-25-4-12-31(65)35(16-25)79-2)88-59(55)84-36-19-29-32(82-53(36)26-7-9-27(62)10-8-26)17-28(63)18-33(29)83-56-52(77)49(74)54(38(21-61)86-56)89-57-50(75)46(71)43(68)37(20-60)85-57/h5-6,13-14,24-40,43-65,68-77H,3-4,7-12,15-23H2,1-2H3/p+1. The maximum Gasteiger partial charge on any atom is 0.330 e. The van der Waals surface area contributed by atoms with Crippen LogP contribution in [0, 0.1) is 23.7 Å². The van der Waals surface area contributed by atoms with E-state index in [-0.39, 0.29) is 37.0 Å². The van der Waals surface area contributed by atoms with Crippen LogP contribution in [0.5, 0.6) is 0 Å². The summed E-state index contributed by atoms with van der Waals surface area (Å²) in [7, 11) is 2.96. The lowest BCUT2D eigenvalue weighted by Crippen LogP contribution is -2.66. The van der Waals surface area contributed by atoms with Crippen molar-refractivity contribution < 1.29 is 153 Å². The molecule has 0 radical (unpaired) electrons. The summed E-state index contributed by atoms with van der Waals surface area (Å²) in [5, 5.41) is 175. The number of allylic oxidation sites excluding steroid dienone is 2. The Balaban J connectivity index is 0.948. The molecule has 4 saturated carbocycles. The average Bonchev–Trinajstić information content (AvgIpc) is 0.790. The van der Waals surface area contributed by atoms with Crippen molar-refractivity contribution in [3.8, 4) is 0 Å². The summed E-state index contributed by atoms with van der Waals surface area (Å²) in [5.41, 5.74) is 0. The van der Waals surface area contributed by atoms with Gasteiger partial charge >= 0.3 is 11.9 Å². The summed E-state index contributed by atoms with van der Waals surface area (Å²) in [4.78, 5) is 26.3. The third-order valence-corrected chi connectivity index (χ3v) is 19.6. The highest BCUT2D eigenvalue weighted by molar-refractivity contribution is 5.82. The van der Waals surface area contributed by atoms with Crippen molar-refractivity contribution in [1.82, 2.24) is 0 Å². The smallest absolute Gasteiger partial charge is 0.330 e. The number of fused-ring (bicyclic) bond motifs is 1. The van der Waals surface area contributed by atoms with Crippen molar-refractivity contribution in [2.45, 2.75) is 267 Å². The van der Waals surface area contributed by atoms with Gasteiger partial charge in [0.15, 0.2) is 37.4 Å². The molecule has 0 aromatic carbocycles. The Labute approximate surface area is 519 Å². The third kappa shape index (κ3) is 16.9. The van der Waals surface area contributed by atoms with Crippen molar-refractivity contribution in [3.63, 3.8) is 0 Å². The quantitative estimate of drug-likeness (QED) is 0.0289. The number of carbonyl (C=O) groups excluding carboxylic acids is 2. The first-order valence-electron chi connectivity index (χ1n) is 31.4. The van der Waals surface area contributed by atoms with Crippen molar-refractivity contribution in [2.75, 3.05) is 40.6 Å². The Morgan fingerprint density at radius 1 is 0.433 bits per heavy atom. The molecule has 5 saturated heterocycles. The van der Waals surface area contributed by atoms with E-state index in [1.807, 2.05) is 0 Å². The number of aliphatic hydroxyl groups excluding tert-OH is 16. The van der Waals surface area contributed by atoms with Gasteiger partial charge < -0.3 is 143 Å². The first kappa shape index (κ1) is 71.6. The molecule has 90 heavy (non-hydrogen) atoms. The van der Waals surface area contributed by atoms with E-state index in [0.717, 1.165) is 0 Å². The molecule has 31 heteroatoms. The van der Waals surface area contributed by atoms with Crippen LogP contribution in [0.25, 0.3) is 0 Å². The summed E-state index contributed by atoms with van der Waals surface area (Å²) in [5.74, 6) is -2.95. The molecule has 0 aromatic rings. The van der Waals surface area contributed by atoms with Gasteiger partial charge in [0.1, 0.15) is 117 Å². The zero-order valence-electron chi connectivity index (χ0n) is 50.3. The van der Waals surface area contributed by atoms with E-state index in [4.69, 9.17) is 61.6 Å². The van der Waals surface area contributed by atoms with Gasteiger partial charge in [-0.1, -0.05) is 12.2 Å². The van der Waals surface area contributed by atoms with Crippen LogP contribution in [0.2, 0.25) is 0 Å². The number of hydrogen-bond acceptors (Lipinski definition) is 30. The number of methoxy groups -OCH3 is 2. The van der Waals surface area contributed by atoms with E-state index in [9.17, 15) is 91.3 Å². The first-order chi connectivity index (χ1) is 43.0. The minimum absolute atomic E-state index is 0.00965. The largest absolute Gasteiger partial charge is 0.460 e. The summed E-state index contributed by atoms with van der Waals surface area (Å²) in [6.07, 6.45) is -33.2. The van der Waals surface area contributed by atoms with Crippen LogP contribution in [-0.4, -0.2) is 323 Å². The molecule has 0 aromatic heterocycles. The maximum absolute atomic E-state index is 13.3. The number of ether oxygens (including phenoxy) is 13. The fraction of sp³-hybridized carbons (Fsp3) is 0.898. The van der Waals surface area contributed by atoms with Crippen LogP contribution in [0.3, 0.4) is 0 Å². The molecule has 9 fully saturated rings. The Morgan fingerprint density at radius 3 is 1.43 bits per heavy atom. The topological polar surface area (TPSA) is 481 Å². The predicted molar refractivity (Wildman–Crippen MR) is 298 cm³/mol. The molecule has 31 nitrogen and oxygen atoms in total. The number of rotatable bonds is 21. The van der Waals surface area contributed by atoms with Crippen LogP contribution in [0.1, 0.15) is 83.5 Å². The van der Waals surface area contributed by atoms with Crippen molar-refractivity contribution in [2.24, 2.45) is 23.7 Å². The number of esters is 2. The molecule has 0 amide bonds.